The number of nitrogens with two attached hydrogens (primary N) is 1. The molecule has 1 aliphatic rings. The molecule has 1 atom stereocenters. The van der Waals surface area contributed by atoms with E-state index in [1.165, 1.54) is 24.0 Å². The SMILES string of the molecule is CC1(C)Cc2ccccc2C(CN)C1. The van der Waals surface area contributed by atoms with E-state index in [0.717, 1.165) is 6.54 Å². The van der Waals surface area contributed by atoms with Crippen LogP contribution >= 0.6 is 0 Å². The highest BCUT2D eigenvalue weighted by atomic mass is 14.6. The van der Waals surface area contributed by atoms with E-state index in [-0.39, 0.29) is 0 Å². The van der Waals surface area contributed by atoms with Gasteiger partial charge in [0, 0.05) is 0 Å². The van der Waals surface area contributed by atoms with Crippen LogP contribution in [0.5, 0.6) is 0 Å². The van der Waals surface area contributed by atoms with Crippen molar-refractivity contribution in [1.82, 2.24) is 0 Å². The Morgan fingerprint density at radius 3 is 2.79 bits per heavy atom. The molecule has 0 saturated carbocycles. The summed E-state index contributed by atoms with van der Waals surface area (Å²) in [6, 6.07) is 8.74. The molecule has 1 nitrogen and oxygen atoms in total. The second-order valence-electron chi connectivity index (χ2n) is 5.18. The first-order valence-corrected chi connectivity index (χ1v) is 5.40. The third-order valence-electron chi connectivity index (χ3n) is 3.25. The van der Waals surface area contributed by atoms with E-state index in [2.05, 4.69) is 38.1 Å². The highest BCUT2D eigenvalue weighted by Crippen LogP contribution is 2.41. The fraction of sp³-hybridized carbons (Fsp3) is 0.538. The lowest BCUT2D eigenvalue weighted by Crippen LogP contribution is -2.29. The second-order valence-corrected chi connectivity index (χ2v) is 5.18. The summed E-state index contributed by atoms with van der Waals surface area (Å²) in [5, 5.41) is 0. The minimum Gasteiger partial charge on any atom is -0.330 e. The van der Waals surface area contributed by atoms with E-state index >= 15 is 0 Å². The molecule has 0 aliphatic heterocycles. The molecule has 2 rings (SSSR count). The summed E-state index contributed by atoms with van der Waals surface area (Å²) in [6.45, 7) is 5.46. The van der Waals surface area contributed by atoms with Crippen molar-refractivity contribution >= 4 is 0 Å². The van der Waals surface area contributed by atoms with Gasteiger partial charge in [-0.1, -0.05) is 38.1 Å². The predicted octanol–water partition coefficient (Wildman–Crippen LogP) is 2.70. The first-order valence-electron chi connectivity index (χ1n) is 5.40. The average molecular weight is 189 g/mol. The molecule has 1 unspecified atom stereocenters. The van der Waals surface area contributed by atoms with Crippen molar-refractivity contribution in [2.24, 2.45) is 11.1 Å². The van der Waals surface area contributed by atoms with Crippen molar-refractivity contribution < 1.29 is 0 Å². The average Bonchev–Trinajstić information content (AvgIpc) is 2.15. The molecule has 0 heterocycles. The normalized spacial score (nSPS) is 24.4. The molecule has 0 saturated heterocycles. The van der Waals surface area contributed by atoms with E-state index in [1.54, 1.807) is 0 Å². The van der Waals surface area contributed by atoms with Crippen molar-refractivity contribution in [2.75, 3.05) is 6.54 Å². The number of hydrogen-bond donors (Lipinski definition) is 1. The van der Waals surface area contributed by atoms with Crippen LogP contribution in [-0.4, -0.2) is 6.54 Å². The molecule has 76 valence electrons. The Kier molecular flexibility index (Phi) is 2.36. The number of rotatable bonds is 1. The van der Waals surface area contributed by atoms with Crippen molar-refractivity contribution in [3.05, 3.63) is 35.4 Å². The van der Waals surface area contributed by atoms with Gasteiger partial charge in [-0.05, 0) is 41.8 Å². The first kappa shape index (κ1) is 9.72. The highest BCUT2D eigenvalue weighted by molar-refractivity contribution is 5.34. The maximum absolute atomic E-state index is 5.84. The lowest BCUT2D eigenvalue weighted by molar-refractivity contribution is 0.282. The van der Waals surface area contributed by atoms with E-state index in [4.69, 9.17) is 5.73 Å². The molecule has 0 bridgehead atoms. The van der Waals surface area contributed by atoms with Gasteiger partial charge in [0.2, 0.25) is 0 Å². The summed E-state index contributed by atoms with van der Waals surface area (Å²) >= 11 is 0. The van der Waals surface area contributed by atoms with Gasteiger partial charge in [-0.25, -0.2) is 0 Å². The Labute approximate surface area is 86.3 Å². The summed E-state index contributed by atoms with van der Waals surface area (Å²) in [5.74, 6) is 0.565. The van der Waals surface area contributed by atoms with Crippen molar-refractivity contribution in [1.29, 1.82) is 0 Å². The van der Waals surface area contributed by atoms with Gasteiger partial charge in [0.25, 0.3) is 0 Å². The molecule has 2 N–H and O–H groups in total. The van der Waals surface area contributed by atoms with Crippen LogP contribution in [0.4, 0.5) is 0 Å². The molecule has 0 radical (unpaired) electrons. The quantitative estimate of drug-likeness (QED) is 0.722. The second kappa shape index (κ2) is 3.39. The monoisotopic (exact) mass is 189 g/mol. The Balaban J connectivity index is 2.41. The van der Waals surface area contributed by atoms with Crippen molar-refractivity contribution in [3.63, 3.8) is 0 Å². The van der Waals surface area contributed by atoms with Crippen LogP contribution in [0, 0.1) is 5.41 Å². The zero-order chi connectivity index (χ0) is 10.2. The Morgan fingerprint density at radius 2 is 2.07 bits per heavy atom. The molecular weight excluding hydrogens is 170 g/mol. The van der Waals surface area contributed by atoms with Gasteiger partial charge in [-0.2, -0.15) is 0 Å². The number of hydrogen-bond acceptors (Lipinski definition) is 1. The Hall–Kier alpha value is -0.820. The first-order chi connectivity index (χ1) is 6.62. The molecule has 1 aliphatic carbocycles. The molecule has 0 fully saturated rings. The van der Waals surface area contributed by atoms with Gasteiger partial charge in [0.05, 0.1) is 0 Å². The molecule has 1 aromatic carbocycles. The maximum atomic E-state index is 5.84. The zero-order valence-electron chi connectivity index (χ0n) is 9.09. The van der Waals surface area contributed by atoms with Gasteiger partial charge >= 0.3 is 0 Å². The molecule has 1 heteroatoms. The summed E-state index contributed by atoms with van der Waals surface area (Å²) in [7, 11) is 0. The van der Waals surface area contributed by atoms with Crippen LogP contribution in [-0.2, 0) is 6.42 Å². The summed E-state index contributed by atoms with van der Waals surface area (Å²) < 4.78 is 0. The van der Waals surface area contributed by atoms with E-state index in [9.17, 15) is 0 Å². The van der Waals surface area contributed by atoms with Crippen molar-refractivity contribution in [2.45, 2.75) is 32.6 Å². The molecule has 0 spiro atoms. The summed E-state index contributed by atoms with van der Waals surface area (Å²) in [4.78, 5) is 0. The van der Waals surface area contributed by atoms with E-state index in [1.807, 2.05) is 0 Å². The van der Waals surface area contributed by atoms with Crippen LogP contribution in [0.1, 0.15) is 37.3 Å². The van der Waals surface area contributed by atoms with Crippen LogP contribution in [0.3, 0.4) is 0 Å². The molecule has 0 amide bonds. The van der Waals surface area contributed by atoms with Gasteiger partial charge < -0.3 is 5.73 Å². The molecular formula is C13H19N. The summed E-state index contributed by atoms with van der Waals surface area (Å²) in [6.07, 6.45) is 2.42. The highest BCUT2D eigenvalue weighted by Gasteiger charge is 2.30. The lowest BCUT2D eigenvalue weighted by Gasteiger charge is -2.36. The predicted molar refractivity (Wildman–Crippen MR) is 60.3 cm³/mol. The van der Waals surface area contributed by atoms with Crippen LogP contribution in [0.15, 0.2) is 24.3 Å². The molecule has 14 heavy (non-hydrogen) atoms. The molecule has 0 aromatic heterocycles. The van der Waals surface area contributed by atoms with Crippen LogP contribution < -0.4 is 5.73 Å². The number of benzene rings is 1. The largest absolute Gasteiger partial charge is 0.330 e. The fourth-order valence-electron chi connectivity index (χ4n) is 2.67. The lowest BCUT2D eigenvalue weighted by atomic mass is 9.69. The van der Waals surface area contributed by atoms with Gasteiger partial charge in [0.15, 0.2) is 0 Å². The van der Waals surface area contributed by atoms with Gasteiger partial charge in [0.1, 0.15) is 0 Å². The van der Waals surface area contributed by atoms with Crippen LogP contribution in [0.2, 0.25) is 0 Å². The van der Waals surface area contributed by atoms with Crippen molar-refractivity contribution in [3.8, 4) is 0 Å². The smallest absolute Gasteiger partial charge is 0.000793 e. The standard InChI is InChI=1S/C13H19N/c1-13(2)7-10-5-3-4-6-12(10)11(8-13)9-14/h3-6,11H,7-9,14H2,1-2H3. The van der Waals surface area contributed by atoms with E-state index in [0.29, 0.717) is 11.3 Å². The Morgan fingerprint density at radius 1 is 1.36 bits per heavy atom. The molecule has 1 aromatic rings. The van der Waals surface area contributed by atoms with Gasteiger partial charge in [-0.3, -0.25) is 0 Å². The Bertz CT molecular complexity index is 328. The van der Waals surface area contributed by atoms with Gasteiger partial charge in [-0.15, -0.1) is 0 Å². The third-order valence-corrected chi connectivity index (χ3v) is 3.25. The van der Waals surface area contributed by atoms with E-state index < -0.39 is 0 Å². The van der Waals surface area contributed by atoms with Crippen LogP contribution in [0.25, 0.3) is 0 Å². The number of fused-ring (bicyclic) bond motifs is 1. The third kappa shape index (κ3) is 1.69. The fourth-order valence-corrected chi connectivity index (χ4v) is 2.67. The topological polar surface area (TPSA) is 26.0 Å². The zero-order valence-corrected chi connectivity index (χ0v) is 9.09. The minimum atomic E-state index is 0.415. The summed E-state index contributed by atoms with van der Waals surface area (Å²) in [5.41, 5.74) is 9.23. The maximum Gasteiger partial charge on any atom is -0.000793 e. The minimum absolute atomic E-state index is 0.415.